The number of furan rings is 1. The molecule has 7 nitrogen and oxygen atoms in total. The van der Waals surface area contributed by atoms with Crippen molar-refractivity contribution in [2.24, 2.45) is 0 Å². The van der Waals surface area contributed by atoms with Gasteiger partial charge in [0.25, 0.3) is 5.91 Å². The molecule has 152 valence electrons. The number of hydrogen-bond donors (Lipinski definition) is 1. The zero-order valence-corrected chi connectivity index (χ0v) is 16.4. The van der Waals surface area contributed by atoms with Crippen molar-refractivity contribution in [1.29, 1.82) is 0 Å². The van der Waals surface area contributed by atoms with Crippen molar-refractivity contribution in [3.63, 3.8) is 0 Å². The molecular weight excluding hydrogens is 384 g/mol. The van der Waals surface area contributed by atoms with Gasteiger partial charge < -0.3 is 14.1 Å². The lowest BCUT2D eigenvalue weighted by Gasteiger charge is -2.29. The minimum absolute atomic E-state index is 0.218. The van der Waals surface area contributed by atoms with Crippen LogP contribution in [0.25, 0.3) is 11.0 Å². The number of carbonyl (C=O) groups is 3. The van der Waals surface area contributed by atoms with Crippen molar-refractivity contribution in [2.75, 3.05) is 0 Å². The Hall–Kier alpha value is -3.61. The second kappa shape index (κ2) is 7.02. The molecule has 1 fully saturated rings. The molecule has 30 heavy (non-hydrogen) atoms. The summed E-state index contributed by atoms with van der Waals surface area (Å²) in [5.74, 6) is 0.388. The number of carbonyl (C=O) groups excluding carboxylic acids is 3. The first-order valence-electron chi connectivity index (χ1n) is 9.89. The lowest BCUT2D eigenvalue weighted by molar-refractivity contribution is -0.136. The van der Waals surface area contributed by atoms with E-state index in [1.807, 2.05) is 37.3 Å². The van der Waals surface area contributed by atoms with E-state index in [0.29, 0.717) is 17.7 Å². The van der Waals surface area contributed by atoms with Crippen LogP contribution in [0.2, 0.25) is 0 Å². The Bertz CT molecular complexity index is 1200. The third-order valence-electron chi connectivity index (χ3n) is 5.84. The quantitative estimate of drug-likeness (QED) is 0.675. The number of benzene rings is 2. The van der Waals surface area contributed by atoms with Gasteiger partial charge in [-0.15, -0.1) is 0 Å². The minimum Gasteiger partial charge on any atom is -0.485 e. The van der Waals surface area contributed by atoms with E-state index >= 15 is 0 Å². The number of nitrogens with one attached hydrogen (secondary N) is 1. The van der Waals surface area contributed by atoms with E-state index in [1.165, 1.54) is 4.90 Å². The fourth-order valence-electron chi connectivity index (χ4n) is 4.20. The minimum atomic E-state index is -0.645. The van der Waals surface area contributed by atoms with Gasteiger partial charge in [-0.1, -0.05) is 24.3 Å². The predicted molar refractivity (Wildman–Crippen MR) is 108 cm³/mol. The van der Waals surface area contributed by atoms with E-state index in [9.17, 15) is 14.4 Å². The summed E-state index contributed by atoms with van der Waals surface area (Å²) in [7, 11) is 0. The molecule has 3 amide bonds. The van der Waals surface area contributed by atoms with Crippen LogP contribution < -0.4 is 10.1 Å². The number of hydrogen-bond acceptors (Lipinski definition) is 5. The highest BCUT2D eigenvalue weighted by Crippen LogP contribution is 2.34. The molecule has 3 aromatic rings. The molecule has 2 aliphatic rings. The summed E-state index contributed by atoms with van der Waals surface area (Å²) in [6, 6.07) is 12.5. The molecule has 0 saturated carbocycles. The van der Waals surface area contributed by atoms with Crippen LogP contribution in [0.4, 0.5) is 0 Å². The summed E-state index contributed by atoms with van der Waals surface area (Å²) in [4.78, 5) is 38.1. The molecule has 2 aliphatic heterocycles. The van der Waals surface area contributed by atoms with Crippen LogP contribution in [-0.4, -0.2) is 28.7 Å². The number of fused-ring (bicyclic) bond motifs is 2. The number of piperidine rings is 1. The van der Waals surface area contributed by atoms with Gasteiger partial charge in [0.1, 0.15) is 29.7 Å². The summed E-state index contributed by atoms with van der Waals surface area (Å²) >= 11 is 0. The van der Waals surface area contributed by atoms with E-state index in [1.54, 1.807) is 12.1 Å². The molecule has 1 N–H and O–H groups in total. The second-order valence-corrected chi connectivity index (χ2v) is 7.62. The van der Waals surface area contributed by atoms with Crippen LogP contribution in [0.1, 0.15) is 40.1 Å². The van der Waals surface area contributed by atoms with Gasteiger partial charge in [-0.3, -0.25) is 19.7 Å². The summed E-state index contributed by atoms with van der Waals surface area (Å²) in [5, 5.41) is 3.37. The van der Waals surface area contributed by atoms with Gasteiger partial charge in [-0.05, 0) is 31.5 Å². The first kappa shape index (κ1) is 18.4. The largest absolute Gasteiger partial charge is 0.485 e. The van der Waals surface area contributed by atoms with Gasteiger partial charge in [0.05, 0.1) is 6.54 Å². The maximum Gasteiger partial charge on any atom is 0.255 e. The molecule has 0 bridgehead atoms. The van der Waals surface area contributed by atoms with Crippen molar-refractivity contribution in [3.8, 4) is 5.75 Å². The van der Waals surface area contributed by atoms with Crippen LogP contribution in [-0.2, 0) is 22.7 Å². The van der Waals surface area contributed by atoms with Gasteiger partial charge in [0, 0.05) is 28.5 Å². The lowest BCUT2D eigenvalue weighted by Crippen LogP contribution is -2.52. The average Bonchev–Trinajstić information content (AvgIpc) is 3.24. The fourth-order valence-corrected chi connectivity index (χ4v) is 4.20. The predicted octanol–water partition coefficient (Wildman–Crippen LogP) is 3.08. The monoisotopic (exact) mass is 404 g/mol. The van der Waals surface area contributed by atoms with Gasteiger partial charge >= 0.3 is 0 Å². The normalized spacial score (nSPS) is 18.6. The van der Waals surface area contributed by atoms with Crippen molar-refractivity contribution < 1.29 is 23.5 Å². The third kappa shape index (κ3) is 2.94. The smallest absolute Gasteiger partial charge is 0.255 e. The Kier molecular flexibility index (Phi) is 4.31. The number of ether oxygens (including phenoxy) is 1. The van der Waals surface area contributed by atoms with Crippen LogP contribution in [0.5, 0.6) is 5.75 Å². The summed E-state index contributed by atoms with van der Waals surface area (Å²) in [5.41, 5.74) is 3.12. The van der Waals surface area contributed by atoms with Crippen molar-refractivity contribution in [2.45, 2.75) is 39.0 Å². The standard InChI is InChI=1S/C23H20N2O5/c1-13-14-5-2-3-7-19(14)30-20(13)12-29-18-8-4-6-15-16(18)11-25(23(15)28)17-9-10-21(26)24-22(17)27/h2-8,17H,9-12H2,1H3,(H,24,26,27). The maximum absolute atomic E-state index is 12.9. The van der Waals surface area contributed by atoms with E-state index in [2.05, 4.69) is 5.32 Å². The molecule has 1 aromatic heterocycles. The maximum atomic E-state index is 12.9. The van der Waals surface area contributed by atoms with Crippen LogP contribution in [0.3, 0.4) is 0 Å². The number of aryl methyl sites for hydroxylation is 1. The van der Waals surface area contributed by atoms with E-state index in [-0.39, 0.29) is 31.4 Å². The topological polar surface area (TPSA) is 88.9 Å². The third-order valence-corrected chi connectivity index (χ3v) is 5.84. The van der Waals surface area contributed by atoms with E-state index in [4.69, 9.17) is 9.15 Å². The van der Waals surface area contributed by atoms with Crippen LogP contribution in [0.15, 0.2) is 46.9 Å². The Morgan fingerprint density at radius 3 is 2.77 bits per heavy atom. The Labute approximate surface area is 172 Å². The van der Waals surface area contributed by atoms with Gasteiger partial charge in [0.15, 0.2) is 0 Å². The fraction of sp³-hybridized carbons (Fsp3) is 0.261. The van der Waals surface area contributed by atoms with Crippen molar-refractivity contribution in [3.05, 3.63) is 64.9 Å². The number of nitrogens with zero attached hydrogens (tertiary/aromatic N) is 1. The SMILES string of the molecule is Cc1c(COc2cccc3c2CN(C2CCC(=O)NC2=O)C3=O)oc2ccccc12. The molecule has 2 aromatic carbocycles. The zero-order valence-electron chi connectivity index (χ0n) is 16.4. The Balaban J connectivity index is 1.38. The molecule has 0 spiro atoms. The highest BCUT2D eigenvalue weighted by Gasteiger charge is 2.40. The molecule has 5 rings (SSSR count). The van der Waals surface area contributed by atoms with Crippen molar-refractivity contribution >= 4 is 28.7 Å². The van der Waals surface area contributed by atoms with Gasteiger partial charge in [-0.2, -0.15) is 0 Å². The van der Waals surface area contributed by atoms with Crippen molar-refractivity contribution in [1.82, 2.24) is 10.2 Å². The Morgan fingerprint density at radius 2 is 1.97 bits per heavy atom. The highest BCUT2D eigenvalue weighted by atomic mass is 16.5. The average molecular weight is 404 g/mol. The number of rotatable bonds is 4. The zero-order chi connectivity index (χ0) is 20.8. The first-order chi connectivity index (χ1) is 14.5. The molecule has 0 aliphatic carbocycles. The van der Waals surface area contributed by atoms with E-state index in [0.717, 1.165) is 27.9 Å². The first-order valence-corrected chi connectivity index (χ1v) is 9.89. The van der Waals surface area contributed by atoms with Crippen LogP contribution in [0, 0.1) is 6.92 Å². The molecule has 0 radical (unpaired) electrons. The van der Waals surface area contributed by atoms with Gasteiger partial charge in [0.2, 0.25) is 11.8 Å². The molecule has 1 saturated heterocycles. The number of amides is 3. The molecular formula is C23H20N2O5. The van der Waals surface area contributed by atoms with E-state index < -0.39 is 11.9 Å². The Morgan fingerprint density at radius 1 is 1.13 bits per heavy atom. The summed E-state index contributed by atoms with van der Waals surface area (Å²) < 4.78 is 12.0. The van der Waals surface area contributed by atoms with Gasteiger partial charge in [-0.25, -0.2) is 0 Å². The second-order valence-electron chi connectivity index (χ2n) is 7.62. The molecule has 7 heteroatoms. The molecule has 1 unspecified atom stereocenters. The number of imide groups is 1. The van der Waals surface area contributed by atoms with Crippen LogP contribution >= 0.6 is 0 Å². The lowest BCUT2D eigenvalue weighted by atomic mass is 10.0. The molecule has 1 atom stereocenters. The highest BCUT2D eigenvalue weighted by molar-refractivity contribution is 6.05. The summed E-state index contributed by atoms with van der Waals surface area (Å²) in [6.07, 6.45) is 0.560. The number of para-hydroxylation sites is 1. The molecule has 3 heterocycles. The summed E-state index contributed by atoms with van der Waals surface area (Å²) in [6.45, 7) is 2.51.